The maximum Gasteiger partial charge on any atom is 0.489 e. The van der Waals surface area contributed by atoms with Crippen molar-refractivity contribution in [3.05, 3.63) is 63.6 Å². The smallest absolute Gasteiger partial charge is 0.489 e. The van der Waals surface area contributed by atoms with E-state index in [-0.39, 0.29) is 23.9 Å². The molecule has 0 saturated heterocycles. The summed E-state index contributed by atoms with van der Waals surface area (Å²) >= 11 is 12.0. The van der Waals surface area contributed by atoms with E-state index in [0.717, 1.165) is 5.56 Å². The van der Waals surface area contributed by atoms with Crippen LogP contribution in [-0.4, -0.2) is 24.6 Å². The van der Waals surface area contributed by atoms with Gasteiger partial charge in [-0.3, -0.25) is 9.63 Å². The van der Waals surface area contributed by atoms with Gasteiger partial charge in [0.2, 0.25) is 5.91 Å². The molecule has 2 rings (SSSR count). The molecule has 0 saturated carbocycles. The molecule has 7 nitrogen and oxygen atoms in total. The molecule has 0 radical (unpaired) electrons. The third-order valence-electron chi connectivity index (χ3n) is 4.34. The second-order valence-electron chi connectivity index (χ2n) is 6.42. The molecule has 0 fully saturated rings. The minimum absolute atomic E-state index is 0.101. The van der Waals surface area contributed by atoms with Crippen LogP contribution in [0.4, 0.5) is 0 Å². The molecule has 2 aromatic rings. The Hall–Kier alpha value is -1.73. The van der Waals surface area contributed by atoms with Gasteiger partial charge in [-0.05, 0) is 46.9 Å². The van der Waals surface area contributed by atoms with Gasteiger partial charge in [-0.25, -0.2) is 5.06 Å². The molecule has 3 unspecified atom stereocenters. The van der Waals surface area contributed by atoms with E-state index in [1.165, 1.54) is 18.1 Å². The highest BCUT2D eigenvalue weighted by molar-refractivity contribution is 7.30. The normalized spacial score (nSPS) is 13.5. The maximum absolute atomic E-state index is 12.1. The van der Waals surface area contributed by atoms with E-state index in [2.05, 4.69) is 0 Å². The Labute approximate surface area is 186 Å². The Bertz CT molecular complexity index is 880. The number of nitrogens with zero attached hydrogens (tertiary/aromatic N) is 1. The minimum atomic E-state index is -3.12. The summed E-state index contributed by atoms with van der Waals surface area (Å²) in [7, 11) is -1.54. The summed E-state index contributed by atoms with van der Waals surface area (Å²) in [4.78, 5) is 29.0. The lowest BCUT2D eigenvalue weighted by molar-refractivity contribution is -0.206. The zero-order chi connectivity index (χ0) is 22.3. The molecule has 0 N–H and O–H groups in total. The SMILES string of the molecule is COc1ccc(C(C)ON(CCC(O[P+](=O)[O-])c2ccc(Cl)c(Cl)c2)C(C)=O)cc1. The van der Waals surface area contributed by atoms with E-state index in [4.69, 9.17) is 37.3 Å². The number of halogens is 2. The molecule has 1 amide bonds. The molecule has 0 heterocycles. The van der Waals surface area contributed by atoms with Crippen LogP contribution >= 0.6 is 31.5 Å². The molecule has 162 valence electrons. The highest BCUT2D eigenvalue weighted by Crippen LogP contribution is 2.33. The molecule has 0 aromatic heterocycles. The van der Waals surface area contributed by atoms with E-state index >= 15 is 0 Å². The molecular formula is C20H22Cl2NO6P. The van der Waals surface area contributed by atoms with Gasteiger partial charge in [0.05, 0.1) is 23.7 Å². The van der Waals surface area contributed by atoms with Crippen molar-refractivity contribution in [2.45, 2.75) is 32.5 Å². The Balaban J connectivity index is 2.09. The zero-order valence-electron chi connectivity index (χ0n) is 16.7. The van der Waals surface area contributed by atoms with E-state index in [9.17, 15) is 14.3 Å². The number of hydrogen-bond donors (Lipinski definition) is 0. The van der Waals surface area contributed by atoms with Crippen molar-refractivity contribution >= 4 is 37.4 Å². The summed E-state index contributed by atoms with van der Waals surface area (Å²) in [6, 6.07) is 12.0. The van der Waals surface area contributed by atoms with Crippen molar-refractivity contribution in [2.75, 3.05) is 13.7 Å². The molecule has 0 aliphatic carbocycles. The van der Waals surface area contributed by atoms with Crippen LogP contribution in [0.1, 0.15) is 43.6 Å². The molecule has 10 heteroatoms. The molecule has 0 aliphatic heterocycles. The van der Waals surface area contributed by atoms with Crippen LogP contribution in [0.2, 0.25) is 10.0 Å². The molecule has 0 spiro atoms. The number of ether oxygens (including phenoxy) is 1. The first-order chi connectivity index (χ1) is 14.2. The molecule has 2 aromatic carbocycles. The van der Waals surface area contributed by atoms with Crippen molar-refractivity contribution in [1.29, 1.82) is 0 Å². The number of amides is 1. The topological polar surface area (TPSA) is 88.1 Å². The summed E-state index contributed by atoms with van der Waals surface area (Å²) in [5.41, 5.74) is 1.37. The van der Waals surface area contributed by atoms with E-state index in [0.29, 0.717) is 16.3 Å². The molecule has 3 atom stereocenters. The van der Waals surface area contributed by atoms with Crippen LogP contribution in [0.3, 0.4) is 0 Å². The Kier molecular flexibility index (Phi) is 9.49. The van der Waals surface area contributed by atoms with Crippen LogP contribution in [0, 0.1) is 0 Å². The van der Waals surface area contributed by atoms with E-state index < -0.39 is 20.5 Å². The standard InChI is InChI=1S/C20H22Cl2NO6P/c1-13(15-4-7-17(27-3)8-5-15)28-23(14(2)24)11-10-20(29-30(25)26)16-6-9-18(21)19(22)12-16/h4-9,12-13,20H,10-11H2,1-3H3. The van der Waals surface area contributed by atoms with Crippen molar-refractivity contribution < 1.29 is 28.4 Å². The first kappa shape index (κ1) is 24.5. The molecule has 0 bridgehead atoms. The number of methoxy groups -OCH3 is 1. The molecule has 0 aliphatic rings. The predicted molar refractivity (Wildman–Crippen MR) is 112 cm³/mol. The predicted octanol–water partition coefficient (Wildman–Crippen LogP) is 5.01. The number of hydrogen-bond acceptors (Lipinski definition) is 6. The van der Waals surface area contributed by atoms with Gasteiger partial charge in [0.25, 0.3) is 0 Å². The van der Waals surface area contributed by atoms with Gasteiger partial charge >= 0.3 is 8.25 Å². The van der Waals surface area contributed by atoms with Crippen molar-refractivity contribution in [2.24, 2.45) is 0 Å². The molecular weight excluding hydrogens is 452 g/mol. The lowest BCUT2D eigenvalue weighted by atomic mass is 10.1. The lowest BCUT2D eigenvalue weighted by Crippen LogP contribution is -2.32. The summed E-state index contributed by atoms with van der Waals surface area (Å²) in [6.07, 6.45) is -1.10. The quantitative estimate of drug-likeness (QED) is 0.356. The van der Waals surface area contributed by atoms with Gasteiger partial charge in [-0.15, -0.1) is 4.52 Å². The summed E-state index contributed by atoms with van der Waals surface area (Å²) < 4.78 is 21.3. The second kappa shape index (κ2) is 11.6. The third kappa shape index (κ3) is 7.20. The number of benzene rings is 2. The van der Waals surface area contributed by atoms with E-state index in [1.54, 1.807) is 38.3 Å². The Morgan fingerprint density at radius 2 is 1.77 bits per heavy atom. The van der Waals surface area contributed by atoms with Gasteiger partial charge in [-0.1, -0.05) is 41.4 Å². The van der Waals surface area contributed by atoms with Crippen LogP contribution < -0.4 is 9.63 Å². The van der Waals surface area contributed by atoms with E-state index in [1.807, 2.05) is 12.1 Å². The summed E-state index contributed by atoms with van der Waals surface area (Å²) in [5.74, 6) is 0.387. The summed E-state index contributed by atoms with van der Waals surface area (Å²) in [6.45, 7) is 3.27. The van der Waals surface area contributed by atoms with Crippen LogP contribution in [0.25, 0.3) is 0 Å². The van der Waals surface area contributed by atoms with Gasteiger partial charge < -0.3 is 9.63 Å². The zero-order valence-corrected chi connectivity index (χ0v) is 19.1. The number of carbonyl (C=O) groups excluding carboxylic acids is 1. The first-order valence-corrected chi connectivity index (χ1v) is 10.9. The number of rotatable bonds is 10. The number of carbonyl (C=O) groups is 1. The van der Waals surface area contributed by atoms with Gasteiger partial charge in [-0.2, -0.15) is 0 Å². The monoisotopic (exact) mass is 473 g/mol. The van der Waals surface area contributed by atoms with Gasteiger partial charge in [0.15, 0.2) is 0 Å². The summed E-state index contributed by atoms with van der Waals surface area (Å²) in [5, 5.41) is 1.80. The van der Waals surface area contributed by atoms with Crippen molar-refractivity contribution in [1.82, 2.24) is 5.06 Å². The van der Waals surface area contributed by atoms with Crippen molar-refractivity contribution in [3.63, 3.8) is 0 Å². The average Bonchev–Trinajstić information content (AvgIpc) is 2.71. The minimum Gasteiger partial charge on any atom is -0.566 e. The van der Waals surface area contributed by atoms with Crippen LogP contribution in [0.5, 0.6) is 5.75 Å². The Morgan fingerprint density at radius 3 is 2.30 bits per heavy atom. The van der Waals surface area contributed by atoms with Crippen molar-refractivity contribution in [3.8, 4) is 5.75 Å². The number of hydroxylamine groups is 2. The maximum atomic E-state index is 12.1. The average molecular weight is 474 g/mol. The van der Waals surface area contributed by atoms with Crippen LogP contribution in [0.15, 0.2) is 42.5 Å². The van der Waals surface area contributed by atoms with Gasteiger partial charge in [0, 0.05) is 13.3 Å². The van der Waals surface area contributed by atoms with Crippen LogP contribution in [-0.2, 0) is 18.7 Å². The largest absolute Gasteiger partial charge is 0.566 e. The fourth-order valence-electron chi connectivity index (χ4n) is 2.74. The second-order valence-corrected chi connectivity index (χ2v) is 7.89. The molecule has 30 heavy (non-hydrogen) atoms. The van der Waals surface area contributed by atoms with Gasteiger partial charge in [0.1, 0.15) is 18.0 Å². The third-order valence-corrected chi connectivity index (χ3v) is 5.51. The highest BCUT2D eigenvalue weighted by Gasteiger charge is 2.24. The lowest BCUT2D eigenvalue weighted by Gasteiger charge is -2.26. The first-order valence-electron chi connectivity index (χ1n) is 9.06. The highest BCUT2D eigenvalue weighted by atomic mass is 35.5. The fraction of sp³-hybridized carbons (Fsp3) is 0.350. The Morgan fingerprint density at radius 1 is 1.13 bits per heavy atom. The fourth-order valence-corrected chi connectivity index (χ4v) is 3.48.